The first kappa shape index (κ1) is 10.4. The zero-order valence-electron chi connectivity index (χ0n) is 6.97. The Morgan fingerprint density at radius 1 is 1.62 bits per heavy atom. The molecule has 0 aromatic heterocycles. The highest BCUT2D eigenvalue weighted by atomic mass is 79.9. The van der Waals surface area contributed by atoms with E-state index in [1.807, 2.05) is 6.07 Å². The molecule has 0 bridgehead atoms. The fraction of sp³-hybridized carbons (Fsp3) is 0.222. The summed E-state index contributed by atoms with van der Waals surface area (Å²) in [7, 11) is 1.57. The Balaban J connectivity index is 3.28. The maximum Gasteiger partial charge on any atom is 0.124 e. The van der Waals surface area contributed by atoms with Gasteiger partial charge in [0.25, 0.3) is 0 Å². The van der Waals surface area contributed by atoms with Crippen molar-refractivity contribution in [1.29, 1.82) is 5.26 Å². The van der Waals surface area contributed by atoms with Crippen LogP contribution in [0.1, 0.15) is 11.1 Å². The Kier molecular flexibility index (Phi) is 3.58. The molecule has 4 heteroatoms. The molecule has 1 aromatic carbocycles. The summed E-state index contributed by atoms with van der Waals surface area (Å²) in [6.07, 6.45) is 0. The monoisotopic (exact) mass is 259 g/mol. The van der Waals surface area contributed by atoms with E-state index in [9.17, 15) is 0 Å². The van der Waals surface area contributed by atoms with Crippen LogP contribution in [0, 0.1) is 11.3 Å². The van der Waals surface area contributed by atoms with Gasteiger partial charge in [0, 0.05) is 17.0 Å². The van der Waals surface area contributed by atoms with Crippen LogP contribution in [0.2, 0.25) is 5.02 Å². The summed E-state index contributed by atoms with van der Waals surface area (Å²) in [5.41, 5.74) is 1.39. The first-order chi connectivity index (χ1) is 6.22. The van der Waals surface area contributed by atoms with Crippen molar-refractivity contribution in [2.45, 2.75) is 5.33 Å². The van der Waals surface area contributed by atoms with Crippen molar-refractivity contribution >= 4 is 27.5 Å². The van der Waals surface area contributed by atoms with Crippen molar-refractivity contribution in [2.24, 2.45) is 0 Å². The highest BCUT2D eigenvalue weighted by Crippen LogP contribution is 2.28. The molecule has 0 amide bonds. The maximum atomic E-state index is 8.71. The fourth-order valence-corrected chi connectivity index (χ4v) is 1.61. The van der Waals surface area contributed by atoms with Gasteiger partial charge in [0.05, 0.1) is 17.7 Å². The van der Waals surface area contributed by atoms with Crippen molar-refractivity contribution in [1.82, 2.24) is 0 Å². The standard InChI is InChI=1S/C9H7BrClNO/c1-13-9-3-8(11)7(5-12)2-6(9)4-10/h2-3H,4H2,1H3. The van der Waals surface area contributed by atoms with Crippen LogP contribution in [0.15, 0.2) is 12.1 Å². The zero-order chi connectivity index (χ0) is 9.84. The largest absolute Gasteiger partial charge is 0.496 e. The van der Waals surface area contributed by atoms with Gasteiger partial charge in [-0.25, -0.2) is 0 Å². The molecule has 0 heterocycles. The molecule has 1 aromatic rings. The third kappa shape index (κ3) is 2.15. The van der Waals surface area contributed by atoms with Gasteiger partial charge in [0.2, 0.25) is 0 Å². The van der Waals surface area contributed by atoms with Crippen LogP contribution in [-0.2, 0) is 5.33 Å². The molecule has 0 aliphatic carbocycles. The van der Waals surface area contributed by atoms with Gasteiger partial charge < -0.3 is 4.74 Å². The minimum atomic E-state index is 0.420. The van der Waals surface area contributed by atoms with E-state index in [0.717, 1.165) is 5.56 Å². The van der Waals surface area contributed by atoms with Crippen molar-refractivity contribution in [2.75, 3.05) is 7.11 Å². The number of ether oxygens (including phenoxy) is 1. The summed E-state index contributed by atoms with van der Waals surface area (Å²) >= 11 is 9.12. The van der Waals surface area contributed by atoms with E-state index in [1.165, 1.54) is 0 Å². The SMILES string of the molecule is COc1cc(Cl)c(C#N)cc1CBr. The van der Waals surface area contributed by atoms with E-state index in [-0.39, 0.29) is 0 Å². The van der Waals surface area contributed by atoms with Crippen molar-refractivity contribution in [3.05, 3.63) is 28.3 Å². The molecule has 0 aliphatic rings. The molecule has 0 N–H and O–H groups in total. The third-order valence-electron chi connectivity index (χ3n) is 1.63. The number of nitrogens with zero attached hydrogens (tertiary/aromatic N) is 1. The lowest BCUT2D eigenvalue weighted by molar-refractivity contribution is 0.411. The number of methoxy groups -OCH3 is 1. The first-order valence-corrected chi connectivity index (χ1v) is 5.05. The van der Waals surface area contributed by atoms with Crippen LogP contribution in [0.4, 0.5) is 0 Å². The van der Waals surface area contributed by atoms with Gasteiger partial charge in [-0.1, -0.05) is 27.5 Å². The Hall–Kier alpha value is -0.720. The predicted octanol–water partition coefficient (Wildman–Crippen LogP) is 3.12. The molecule has 0 atom stereocenters. The van der Waals surface area contributed by atoms with Crippen LogP contribution in [-0.4, -0.2) is 7.11 Å². The van der Waals surface area contributed by atoms with Gasteiger partial charge in [-0.05, 0) is 6.07 Å². The van der Waals surface area contributed by atoms with Crippen molar-refractivity contribution in [3.8, 4) is 11.8 Å². The Morgan fingerprint density at radius 2 is 2.31 bits per heavy atom. The van der Waals surface area contributed by atoms with E-state index >= 15 is 0 Å². The molecule has 68 valence electrons. The van der Waals surface area contributed by atoms with Gasteiger partial charge in [-0.2, -0.15) is 5.26 Å². The second kappa shape index (κ2) is 4.50. The Bertz CT molecular complexity index is 359. The summed E-state index contributed by atoms with van der Waals surface area (Å²) < 4.78 is 5.09. The minimum absolute atomic E-state index is 0.420. The van der Waals surface area contributed by atoms with E-state index < -0.39 is 0 Å². The number of halogens is 2. The van der Waals surface area contributed by atoms with Crippen LogP contribution < -0.4 is 4.74 Å². The molecule has 1 rings (SSSR count). The van der Waals surface area contributed by atoms with Crippen LogP contribution in [0.3, 0.4) is 0 Å². The number of nitriles is 1. The summed E-state index contributed by atoms with van der Waals surface area (Å²) in [5, 5.41) is 9.77. The number of alkyl halides is 1. The van der Waals surface area contributed by atoms with E-state index in [2.05, 4.69) is 15.9 Å². The molecule has 0 unspecified atom stereocenters. The second-order valence-corrected chi connectivity index (χ2v) is 3.36. The first-order valence-electron chi connectivity index (χ1n) is 3.55. The lowest BCUT2D eigenvalue weighted by Gasteiger charge is -2.06. The number of hydrogen-bond acceptors (Lipinski definition) is 2. The summed E-state index contributed by atoms with van der Waals surface area (Å²) in [5.74, 6) is 0.695. The normalized spacial score (nSPS) is 9.38. The molecular formula is C9H7BrClNO. The smallest absolute Gasteiger partial charge is 0.124 e. The fourth-order valence-electron chi connectivity index (χ4n) is 0.980. The van der Waals surface area contributed by atoms with E-state index in [0.29, 0.717) is 21.7 Å². The Morgan fingerprint density at radius 3 is 2.77 bits per heavy atom. The molecule has 0 saturated heterocycles. The topological polar surface area (TPSA) is 33.0 Å². The van der Waals surface area contributed by atoms with Crippen LogP contribution >= 0.6 is 27.5 Å². The molecule has 0 radical (unpaired) electrons. The zero-order valence-corrected chi connectivity index (χ0v) is 9.32. The van der Waals surface area contributed by atoms with Crippen molar-refractivity contribution in [3.63, 3.8) is 0 Å². The Labute approximate surface area is 90.2 Å². The molecule has 0 aliphatic heterocycles. The summed E-state index contributed by atoms with van der Waals surface area (Å²) in [4.78, 5) is 0. The maximum absolute atomic E-state index is 8.71. The molecule has 0 spiro atoms. The number of hydrogen-bond donors (Lipinski definition) is 0. The summed E-state index contributed by atoms with van der Waals surface area (Å²) in [6, 6.07) is 5.38. The van der Waals surface area contributed by atoms with E-state index in [1.54, 1.807) is 19.2 Å². The molecule has 0 fully saturated rings. The van der Waals surface area contributed by atoms with Gasteiger partial charge in [-0.3, -0.25) is 0 Å². The number of rotatable bonds is 2. The lowest BCUT2D eigenvalue weighted by atomic mass is 10.1. The van der Waals surface area contributed by atoms with Gasteiger partial charge >= 0.3 is 0 Å². The van der Waals surface area contributed by atoms with Gasteiger partial charge in [-0.15, -0.1) is 0 Å². The summed E-state index contributed by atoms with van der Waals surface area (Å²) in [6.45, 7) is 0. The van der Waals surface area contributed by atoms with Crippen LogP contribution in [0.25, 0.3) is 0 Å². The number of benzene rings is 1. The lowest BCUT2D eigenvalue weighted by Crippen LogP contribution is -1.91. The van der Waals surface area contributed by atoms with Gasteiger partial charge in [0.15, 0.2) is 0 Å². The molecule has 0 saturated carbocycles. The average Bonchev–Trinajstić information content (AvgIpc) is 2.17. The molecule has 2 nitrogen and oxygen atoms in total. The minimum Gasteiger partial charge on any atom is -0.496 e. The highest BCUT2D eigenvalue weighted by Gasteiger charge is 2.07. The van der Waals surface area contributed by atoms with Gasteiger partial charge in [0.1, 0.15) is 11.8 Å². The van der Waals surface area contributed by atoms with Crippen molar-refractivity contribution < 1.29 is 4.74 Å². The molecular weight excluding hydrogens is 253 g/mol. The molecule has 13 heavy (non-hydrogen) atoms. The van der Waals surface area contributed by atoms with Crippen LogP contribution in [0.5, 0.6) is 5.75 Å². The second-order valence-electron chi connectivity index (χ2n) is 2.39. The quantitative estimate of drug-likeness (QED) is 0.766. The average molecular weight is 261 g/mol. The van der Waals surface area contributed by atoms with E-state index in [4.69, 9.17) is 21.6 Å². The highest BCUT2D eigenvalue weighted by molar-refractivity contribution is 9.08. The third-order valence-corrected chi connectivity index (χ3v) is 2.55. The predicted molar refractivity (Wildman–Crippen MR) is 55.4 cm³/mol.